The van der Waals surface area contributed by atoms with Crippen LogP contribution >= 0.6 is 0 Å². The van der Waals surface area contributed by atoms with Gasteiger partial charge in [0.15, 0.2) is 12.6 Å². The maximum atomic E-state index is 14.2. The summed E-state index contributed by atoms with van der Waals surface area (Å²) >= 11 is 0. The third-order valence-electron chi connectivity index (χ3n) is 15.2. The SMILES string of the molecule is C=C1C[C@@]23CC[C@H]4[C@@](C)(CCC[C@@]4(C)C(=O)O[C@@H]4O[C@H](CO)[C@@H](O)[C@H](O)[C@H]4O)[C@@H]2CC[C@]1(O[C@@H]1O[C@H](CO)[C@@H](O)[C@H](O)[C@H]1O[C@@H]1O[C@H](COC(C)=O)[C@@H](O)[C@H](O)[C@H]1O)C3. The van der Waals surface area contributed by atoms with Gasteiger partial charge in [-0.1, -0.05) is 19.9 Å². The lowest BCUT2D eigenvalue weighted by molar-refractivity contribution is -0.378. The number of carbonyl (C=O) groups is 2. The maximum Gasteiger partial charge on any atom is 0.314 e. The molecule has 3 aliphatic heterocycles. The van der Waals surface area contributed by atoms with E-state index in [0.717, 1.165) is 18.9 Å². The van der Waals surface area contributed by atoms with Crippen LogP contribution in [0.1, 0.15) is 78.6 Å². The van der Waals surface area contributed by atoms with Crippen LogP contribution in [-0.4, -0.2) is 181 Å². The fourth-order valence-electron chi connectivity index (χ4n) is 12.2. The molecule has 0 unspecified atom stereocenters. The van der Waals surface area contributed by atoms with Crippen LogP contribution in [0.25, 0.3) is 0 Å². The summed E-state index contributed by atoms with van der Waals surface area (Å²) in [5, 5.41) is 105. The van der Waals surface area contributed by atoms with Gasteiger partial charge < -0.3 is 84.2 Å². The second kappa shape index (κ2) is 16.7. The predicted molar refractivity (Wildman–Crippen MR) is 196 cm³/mol. The molecule has 336 valence electrons. The lowest BCUT2D eigenvalue weighted by atomic mass is 9.41. The fraction of sp³-hybridized carbons (Fsp3) is 0.900. The molecule has 0 aromatic rings. The van der Waals surface area contributed by atoms with Crippen molar-refractivity contribution in [1.82, 2.24) is 0 Å². The molecule has 59 heavy (non-hydrogen) atoms. The summed E-state index contributed by atoms with van der Waals surface area (Å²) in [5.41, 5.74) is -1.88. The van der Waals surface area contributed by atoms with Gasteiger partial charge in [-0.2, -0.15) is 0 Å². The van der Waals surface area contributed by atoms with Crippen LogP contribution < -0.4 is 0 Å². The summed E-state index contributed by atoms with van der Waals surface area (Å²) in [6.07, 6.45) is -18.3. The smallest absolute Gasteiger partial charge is 0.314 e. The molecule has 0 radical (unpaired) electrons. The first-order valence-corrected chi connectivity index (χ1v) is 20.7. The Morgan fingerprint density at radius 3 is 1.93 bits per heavy atom. The summed E-state index contributed by atoms with van der Waals surface area (Å²) in [7, 11) is 0. The Morgan fingerprint density at radius 2 is 1.29 bits per heavy atom. The Hall–Kier alpha value is -1.92. The predicted octanol–water partition coefficient (Wildman–Crippen LogP) is -2.37. The average Bonchev–Trinajstić information content (AvgIpc) is 3.39. The van der Waals surface area contributed by atoms with Gasteiger partial charge in [-0.3, -0.25) is 9.59 Å². The molecule has 0 aromatic carbocycles. The minimum absolute atomic E-state index is 0.106. The zero-order valence-electron chi connectivity index (χ0n) is 33.7. The van der Waals surface area contributed by atoms with E-state index in [2.05, 4.69) is 13.5 Å². The van der Waals surface area contributed by atoms with E-state index in [9.17, 15) is 60.7 Å². The standard InChI is InChI=1S/C40H62O19/c1-17-12-39-10-6-22-37(3,8-5-9-38(22,4)36(52)58-34-31(51)27(47)24(44)19(13-41)54-34)23(39)7-11-40(17,16-39)59-35-32(29(49)25(45)20(14-42)55-35)57-33-30(50)28(48)26(46)21(56-33)15-53-18(2)43/h19-35,41-42,44-51H,1,5-16H2,2-4H3/t19-,20-,21-,22+,23+,24-,25-,26-,27+,28+,29+,30-,31-,32-,33+,34+,35+,37-,38-,39-,40+/m1/s1. The highest BCUT2D eigenvalue weighted by Gasteiger charge is 2.69. The van der Waals surface area contributed by atoms with Gasteiger partial charge in [-0.25, -0.2) is 0 Å². The Kier molecular flexibility index (Phi) is 12.7. The van der Waals surface area contributed by atoms with E-state index in [1.165, 1.54) is 0 Å². The Balaban J connectivity index is 1.10. The number of aliphatic hydroxyl groups excluding tert-OH is 10. The lowest BCUT2D eigenvalue weighted by Crippen LogP contribution is -2.65. The summed E-state index contributed by atoms with van der Waals surface area (Å²) in [6, 6.07) is 0. The molecule has 19 heteroatoms. The average molecular weight is 847 g/mol. The highest BCUT2D eigenvalue weighted by atomic mass is 16.8. The zero-order valence-corrected chi connectivity index (χ0v) is 33.7. The van der Waals surface area contributed by atoms with Crippen molar-refractivity contribution in [2.45, 2.75) is 176 Å². The second-order valence-corrected chi connectivity index (χ2v) is 18.6. The topological polar surface area (TPSA) is 301 Å². The monoisotopic (exact) mass is 846 g/mol. The van der Waals surface area contributed by atoms with Crippen molar-refractivity contribution in [1.29, 1.82) is 0 Å². The van der Waals surface area contributed by atoms with Crippen LogP contribution in [0.2, 0.25) is 0 Å². The summed E-state index contributed by atoms with van der Waals surface area (Å²) in [5.74, 6) is -1.31. The van der Waals surface area contributed by atoms with Gasteiger partial charge in [0.25, 0.3) is 0 Å². The summed E-state index contributed by atoms with van der Waals surface area (Å²) in [6.45, 7) is 7.87. The van der Waals surface area contributed by atoms with Gasteiger partial charge in [-0.15, -0.1) is 0 Å². The third kappa shape index (κ3) is 7.58. The van der Waals surface area contributed by atoms with E-state index in [4.69, 9.17) is 33.2 Å². The van der Waals surface area contributed by atoms with E-state index in [1.54, 1.807) is 0 Å². The number of hydrogen-bond donors (Lipinski definition) is 10. The molecule has 7 aliphatic rings. The van der Waals surface area contributed by atoms with Crippen LogP contribution in [0.4, 0.5) is 0 Å². The molecule has 7 rings (SSSR count). The van der Waals surface area contributed by atoms with Crippen LogP contribution in [0.15, 0.2) is 12.2 Å². The summed E-state index contributed by atoms with van der Waals surface area (Å²) < 4.78 is 40.9. The molecule has 2 bridgehead atoms. The minimum atomic E-state index is -1.84. The number of rotatable bonds is 10. The molecule has 3 saturated heterocycles. The van der Waals surface area contributed by atoms with Crippen molar-refractivity contribution < 1.29 is 93.8 Å². The van der Waals surface area contributed by atoms with E-state index in [0.29, 0.717) is 51.4 Å². The number of carbonyl (C=O) groups excluding carboxylic acids is 2. The first-order chi connectivity index (χ1) is 27.8. The number of aliphatic hydroxyl groups is 10. The van der Waals surface area contributed by atoms with E-state index >= 15 is 0 Å². The van der Waals surface area contributed by atoms with E-state index < -0.39 is 135 Å². The zero-order chi connectivity index (χ0) is 43.0. The largest absolute Gasteiger partial charge is 0.463 e. The molecule has 0 amide bonds. The highest BCUT2D eigenvalue weighted by molar-refractivity contribution is 5.77. The number of esters is 2. The quantitative estimate of drug-likeness (QED) is 0.0625. The van der Waals surface area contributed by atoms with Crippen molar-refractivity contribution in [2.24, 2.45) is 28.1 Å². The molecule has 4 aliphatic carbocycles. The normalized spacial score (nSPS) is 52.3. The molecular formula is C40H62O19. The van der Waals surface area contributed by atoms with Crippen LogP contribution in [0, 0.1) is 28.1 Å². The summed E-state index contributed by atoms with van der Waals surface area (Å²) in [4.78, 5) is 25.6. The molecule has 7 fully saturated rings. The van der Waals surface area contributed by atoms with Crippen molar-refractivity contribution >= 4 is 11.9 Å². The van der Waals surface area contributed by atoms with Gasteiger partial charge in [0.2, 0.25) is 6.29 Å². The molecule has 21 atom stereocenters. The first kappa shape index (κ1) is 45.1. The van der Waals surface area contributed by atoms with Crippen LogP contribution in [0.3, 0.4) is 0 Å². The van der Waals surface area contributed by atoms with Crippen molar-refractivity contribution in [3.8, 4) is 0 Å². The molecule has 4 saturated carbocycles. The van der Waals surface area contributed by atoms with Crippen molar-refractivity contribution in [3.05, 3.63) is 12.2 Å². The minimum Gasteiger partial charge on any atom is -0.463 e. The van der Waals surface area contributed by atoms with Gasteiger partial charge in [-0.05, 0) is 86.5 Å². The van der Waals surface area contributed by atoms with Gasteiger partial charge in [0.05, 0.1) is 24.2 Å². The third-order valence-corrected chi connectivity index (χ3v) is 15.2. The maximum absolute atomic E-state index is 14.2. The highest BCUT2D eigenvalue weighted by Crippen LogP contribution is 2.73. The van der Waals surface area contributed by atoms with Crippen LogP contribution in [0.5, 0.6) is 0 Å². The molecular weight excluding hydrogens is 784 g/mol. The molecule has 0 aromatic heterocycles. The van der Waals surface area contributed by atoms with E-state index in [-0.39, 0.29) is 22.7 Å². The second-order valence-electron chi connectivity index (χ2n) is 18.6. The number of fused-ring (bicyclic) bond motifs is 3. The van der Waals surface area contributed by atoms with E-state index in [1.807, 2.05) is 6.92 Å². The van der Waals surface area contributed by atoms with Crippen molar-refractivity contribution in [3.63, 3.8) is 0 Å². The van der Waals surface area contributed by atoms with Gasteiger partial charge in [0.1, 0.15) is 79.9 Å². The number of hydrogen-bond acceptors (Lipinski definition) is 19. The fourth-order valence-corrected chi connectivity index (χ4v) is 12.2. The lowest BCUT2D eigenvalue weighted by Gasteiger charge is -2.64. The Morgan fingerprint density at radius 1 is 0.712 bits per heavy atom. The molecule has 3 heterocycles. The molecule has 1 spiro atoms. The molecule has 10 N–H and O–H groups in total. The first-order valence-electron chi connectivity index (χ1n) is 20.7. The Labute approximate surface area is 341 Å². The van der Waals surface area contributed by atoms with Crippen LogP contribution in [-0.2, 0) is 42.7 Å². The van der Waals surface area contributed by atoms with Gasteiger partial charge >= 0.3 is 11.9 Å². The Bertz CT molecular complexity index is 1560. The number of ether oxygens (including phenoxy) is 7. The van der Waals surface area contributed by atoms with Gasteiger partial charge in [0, 0.05) is 6.92 Å². The molecule has 19 nitrogen and oxygen atoms in total. The van der Waals surface area contributed by atoms with Crippen molar-refractivity contribution in [2.75, 3.05) is 19.8 Å².